The Bertz CT molecular complexity index is 523. The minimum Gasteiger partial charge on any atom is -0.465 e. The van der Waals surface area contributed by atoms with E-state index in [2.05, 4.69) is 17.4 Å². The highest BCUT2D eigenvalue weighted by Crippen LogP contribution is 2.41. The lowest BCUT2D eigenvalue weighted by molar-refractivity contribution is -0.0329. The topological polar surface area (TPSA) is 50.1 Å². The molecular formula is C10H6F3NO2S2. The zero-order valence-electron chi connectivity index (χ0n) is 8.91. The molecule has 0 radical (unpaired) electrons. The van der Waals surface area contributed by atoms with Crippen molar-refractivity contribution in [2.75, 3.05) is 7.11 Å². The van der Waals surface area contributed by atoms with Crippen molar-refractivity contribution in [3.8, 4) is 6.07 Å². The maximum absolute atomic E-state index is 12.3. The van der Waals surface area contributed by atoms with E-state index in [4.69, 9.17) is 5.26 Å². The monoisotopic (exact) mass is 293 g/mol. The number of rotatable bonds is 2. The number of halogens is 3. The van der Waals surface area contributed by atoms with Crippen LogP contribution in [0.4, 0.5) is 13.2 Å². The summed E-state index contributed by atoms with van der Waals surface area (Å²) in [4.78, 5) is 10.9. The second-order valence-corrected chi connectivity index (χ2v) is 4.58. The van der Waals surface area contributed by atoms with E-state index in [1.807, 2.05) is 0 Å². The van der Waals surface area contributed by atoms with Crippen molar-refractivity contribution in [2.24, 2.45) is 0 Å². The fourth-order valence-corrected chi connectivity index (χ4v) is 2.14. The van der Waals surface area contributed by atoms with E-state index < -0.39 is 23.2 Å². The highest BCUT2D eigenvalue weighted by Gasteiger charge is 2.31. The third kappa shape index (κ3) is 3.58. The molecule has 0 aromatic heterocycles. The Balaban J connectivity index is 3.35. The average Bonchev–Trinajstić information content (AvgIpc) is 2.29. The molecule has 0 bridgehead atoms. The minimum atomic E-state index is -4.53. The van der Waals surface area contributed by atoms with E-state index in [-0.39, 0.29) is 20.9 Å². The minimum absolute atomic E-state index is 0.0695. The number of nitriles is 1. The standard InChI is InChI=1S/C10H6F3NO2S2/c1-16-9(15)6-2-5(4-14)3-7(8(6)17)18-10(11,12)13/h2-3,17H,1H3. The van der Waals surface area contributed by atoms with E-state index >= 15 is 0 Å². The first-order valence-corrected chi connectivity index (χ1v) is 5.66. The molecule has 0 spiro atoms. The number of thiol groups is 1. The van der Waals surface area contributed by atoms with Crippen molar-refractivity contribution in [3.63, 3.8) is 0 Å². The molecule has 1 rings (SSSR count). The number of carbonyl (C=O) groups is 1. The van der Waals surface area contributed by atoms with Gasteiger partial charge >= 0.3 is 11.5 Å². The summed E-state index contributed by atoms with van der Waals surface area (Å²) in [6.07, 6.45) is 0. The molecule has 0 fully saturated rings. The smallest absolute Gasteiger partial charge is 0.446 e. The number of ether oxygens (including phenoxy) is 1. The molecule has 3 nitrogen and oxygen atoms in total. The number of hydrogen-bond acceptors (Lipinski definition) is 5. The Hall–Kier alpha value is -1.33. The molecule has 0 aliphatic heterocycles. The number of carbonyl (C=O) groups excluding carboxylic acids is 1. The van der Waals surface area contributed by atoms with Crippen LogP contribution in [0.5, 0.6) is 0 Å². The number of hydrogen-bond donors (Lipinski definition) is 1. The normalized spacial score (nSPS) is 10.9. The summed E-state index contributed by atoms with van der Waals surface area (Å²) in [6, 6.07) is 3.83. The van der Waals surface area contributed by atoms with Crippen LogP contribution in [0.3, 0.4) is 0 Å². The highest BCUT2D eigenvalue weighted by atomic mass is 32.2. The third-order valence-electron chi connectivity index (χ3n) is 1.84. The SMILES string of the molecule is COC(=O)c1cc(C#N)cc(SC(F)(F)F)c1S. The summed E-state index contributed by atoms with van der Waals surface area (Å²) >= 11 is 3.44. The molecule has 0 aliphatic carbocycles. The molecule has 0 unspecified atom stereocenters. The van der Waals surface area contributed by atoms with Gasteiger partial charge in [0, 0.05) is 9.79 Å². The molecule has 0 saturated carbocycles. The number of methoxy groups -OCH3 is 1. The Morgan fingerprint density at radius 2 is 2.11 bits per heavy atom. The molecule has 8 heteroatoms. The van der Waals surface area contributed by atoms with Crippen LogP contribution < -0.4 is 0 Å². The van der Waals surface area contributed by atoms with E-state index in [1.165, 1.54) is 0 Å². The Morgan fingerprint density at radius 3 is 2.56 bits per heavy atom. The van der Waals surface area contributed by atoms with E-state index in [9.17, 15) is 18.0 Å². The van der Waals surface area contributed by atoms with Crippen LogP contribution in [0.15, 0.2) is 21.9 Å². The predicted octanol–water partition coefficient (Wildman–Crippen LogP) is 3.25. The maximum Gasteiger partial charge on any atom is 0.446 e. The number of nitrogens with zero attached hydrogens (tertiary/aromatic N) is 1. The van der Waals surface area contributed by atoms with Gasteiger partial charge in [0.25, 0.3) is 0 Å². The number of esters is 1. The first-order chi connectivity index (χ1) is 8.28. The lowest BCUT2D eigenvalue weighted by Gasteiger charge is -2.11. The Labute approximate surface area is 110 Å². The van der Waals surface area contributed by atoms with Crippen LogP contribution in [-0.2, 0) is 4.74 Å². The second kappa shape index (κ2) is 5.54. The van der Waals surface area contributed by atoms with Gasteiger partial charge in [-0.15, -0.1) is 12.6 Å². The number of alkyl halides is 3. The molecule has 0 amide bonds. The molecule has 0 saturated heterocycles. The van der Waals surface area contributed by atoms with Crippen molar-refractivity contribution >= 4 is 30.4 Å². The Morgan fingerprint density at radius 1 is 1.50 bits per heavy atom. The molecule has 96 valence electrons. The van der Waals surface area contributed by atoms with Crippen LogP contribution in [0.2, 0.25) is 0 Å². The van der Waals surface area contributed by atoms with Gasteiger partial charge in [0.15, 0.2) is 0 Å². The average molecular weight is 293 g/mol. The van der Waals surface area contributed by atoms with Gasteiger partial charge in [-0.2, -0.15) is 18.4 Å². The lowest BCUT2D eigenvalue weighted by atomic mass is 10.1. The molecule has 0 atom stereocenters. The second-order valence-electron chi connectivity index (χ2n) is 3.02. The number of benzene rings is 1. The fraction of sp³-hybridized carbons (Fsp3) is 0.200. The van der Waals surface area contributed by atoms with Crippen molar-refractivity contribution in [1.29, 1.82) is 5.26 Å². The first kappa shape index (κ1) is 14.7. The molecular weight excluding hydrogens is 287 g/mol. The largest absolute Gasteiger partial charge is 0.465 e. The van der Waals surface area contributed by atoms with Crippen LogP contribution in [-0.4, -0.2) is 18.6 Å². The fourth-order valence-electron chi connectivity index (χ4n) is 1.14. The molecule has 18 heavy (non-hydrogen) atoms. The molecule has 0 aliphatic rings. The zero-order valence-corrected chi connectivity index (χ0v) is 10.6. The number of thioether (sulfide) groups is 1. The highest BCUT2D eigenvalue weighted by molar-refractivity contribution is 8.00. The van der Waals surface area contributed by atoms with Crippen molar-refractivity contribution in [2.45, 2.75) is 15.3 Å². The van der Waals surface area contributed by atoms with Crippen molar-refractivity contribution in [3.05, 3.63) is 23.3 Å². The van der Waals surface area contributed by atoms with Gasteiger partial charge in [-0.3, -0.25) is 0 Å². The van der Waals surface area contributed by atoms with Crippen LogP contribution in [0.25, 0.3) is 0 Å². The quantitative estimate of drug-likeness (QED) is 0.516. The molecule has 0 N–H and O–H groups in total. The summed E-state index contributed by atoms with van der Waals surface area (Å²) in [7, 11) is 1.09. The Kier molecular flexibility index (Phi) is 4.53. The first-order valence-electron chi connectivity index (χ1n) is 4.39. The molecule has 1 aromatic rings. The maximum atomic E-state index is 12.3. The van der Waals surface area contributed by atoms with Gasteiger partial charge < -0.3 is 4.74 Å². The zero-order chi connectivity index (χ0) is 13.9. The third-order valence-corrected chi connectivity index (χ3v) is 3.24. The summed E-state index contributed by atoms with van der Waals surface area (Å²) in [6.45, 7) is 0. The van der Waals surface area contributed by atoms with Crippen molar-refractivity contribution < 1.29 is 22.7 Å². The van der Waals surface area contributed by atoms with E-state index in [0.29, 0.717) is 0 Å². The van der Waals surface area contributed by atoms with Gasteiger partial charge in [-0.1, -0.05) is 0 Å². The van der Waals surface area contributed by atoms with Gasteiger partial charge in [0.1, 0.15) is 0 Å². The van der Waals surface area contributed by atoms with Crippen LogP contribution >= 0.6 is 24.4 Å². The molecule has 1 aromatic carbocycles. The van der Waals surface area contributed by atoms with E-state index in [1.54, 1.807) is 6.07 Å². The lowest BCUT2D eigenvalue weighted by Crippen LogP contribution is -2.06. The summed E-state index contributed by atoms with van der Waals surface area (Å²) < 4.78 is 41.3. The van der Waals surface area contributed by atoms with Crippen molar-refractivity contribution in [1.82, 2.24) is 0 Å². The van der Waals surface area contributed by atoms with Crippen LogP contribution in [0, 0.1) is 11.3 Å². The summed E-state index contributed by atoms with van der Waals surface area (Å²) in [5.74, 6) is -0.846. The summed E-state index contributed by atoms with van der Waals surface area (Å²) in [5.41, 5.74) is -4.77. The van der Waals surface area contributed by atoms with Gasteiger partial charge in [0.05, 0.1) is 24.3 Å². The van der Waals surface area contributed by atoms with Gasteiger partial charge in [0.2, 0.25) is 0 Å². The molecule has 0 heterocycles. The van der Waals surface area contributed by atoms with Crippen LogP contribution in [0.1, 0.15) is 15.9 Å². The van der Waals surface area contributed by atoms with Gasteiger partial charge in [-0.05, 0) is 23.9 Å². The predicted molar refractivity (Wildman–Crippen MR) is 61.7 cm³/mol. The van der Waals surface area contributed by atoms with E-state index in [0.717, 1.165) is 19.2 Å². The van der Waals surface area contributed by atoms with Gasteiger partial charge in [-0.25, -0.2) is 4.79 Å². The summed E-state index contributed by atoms with van der Waals surface area (Å²) in [5, 5.41) is 8.71.